The fourth-order valence-electron chi connectivity index (χ4n) is 2.64. The van der Waals surface area contributed by atoms with E-state index in [9.17, 15) is 0 Å². The first-order valence-electron chi connectivity index (χ1n) is 7.90. The smallest absolute Gasteiger partial charge is 0.399 e. The molecular weight excluding hydrogens is 263 g/mol. The standard InChI is InChI=1S/C17H25BO3/c1-16(2)17(3,4)21-18(20-16)15-9-7-13(8-10-15)5-6-14-11-19-12-14/h7-10,14H,5-6,11-12H2,1-4H3. The number of aryl methyl sites for hydroxylation is 1. The molecule has 0 spiro atoms. The number of ether oxygens (including phenoxy) is 1. The lowest BCUT2D eigenvalue weighted by molar-refractivity contribution is -0.0352. The zero-order valence-electron chi connectivity index (χ0n) is 13.5. The predicted octanol–water partition coefficient (Wildman–Crippen LogP) is 2.56. The molecule has 114 valence electrons. The van der Waals surface area contributed by atoms with Crippen LogP contribution in [0.1, 0.15) is 39.7 Å². The van der Waals surface area contributed by atoms with Gasteiger partial charge >= 0.3 is 7.12 Å². The minimum Gasteiger partial charge on any atom is -0.399 e. The summed E-state index contributed by atoms with van der Waals surface area (Å²) >= 11 is 0. The molecule has 1 aromatic rings. The third-order valence-corrected chi connectivity index (χ3v) is 5.05. The highest BCUT2D eigenvalue weighted by molar-refractivity contribution is 6.62. The molecule has 2 aliphatic rings. The van der Waals surface area contributed by atoms with Gasteiger partial charge in [0, 0.05) is 5.92 Å². The van der Waals surface area contributed by atoms with Crippen LogP contribution in [-0.2, 0) is 20.5 Å². The van der Waals surface area contributed by atoms with Crippen LogP contribution in [0.2, 0.25) is 0 Å². The Morgan fingerprint density at radius 1 is 1.00 bits per heavy atom. The summed E-state index contributed by atoms with van der Waals surface area (Å²) in [6.07, 6.45) is 2.34. The number of benzene rings is 1. The largest absolute Gasteiger partial charge is 0.494 e. The van der Waals surface area contributed by atoms with Crippen molar-refractivity contribution in [1.82, 2.24) is 0 Å². The average Bonchev–Trinajstić information content (AvgIpc) is 2.57. The van der Waals surface area contributed by atoms with Crippen molar-refractivity contribution in [2.24, 2.45) is 5.92 Å². The molecule has 0 amide bonds. The van der Waals surface area contributed by atoms with E-state index in [1.165, 1.54) is 12.0 Å². The first kappa shape index (κ1) is 15.1. The van der Waals surface area contributed by atoms with Crippen LogP contribution in [0.15, 0.2) is 24.3 Å². The monoisotopic (exact) mass is 288 g/mol. The maximum atomic E-state index is 6.08. The van der Waals surface area contributed by atoms with E-state index in [2.05, 4.69) is 52.0 Å². The molecule has 0 unspecified atom stereocenters. The molecule has 2 fully saturated rings. The molecule has 3 nitrogen and oxygen atoms in total. The molecule has 2 saturated heterocycles. The first-order valence-corrected chi connectivity index (χ1v) is 7.90. The fraction of sp³-hybridized carbons (Fsp3) is 0.647. The van der Waals surface area contributed by atoms with Gasteiger partial charge in [0.1, 0.15) is 0 Å². The van der Waals surface area contributed by atoms with Crippen LogP contribution in [-0.4, -0.2) is 31.5 Å². The van der Waals surface area contributed by atoms with Crippen LogP contribution < -0.4 is 5.46 Å². The molecule has 0 aromatic heterocycles. The maximum absolute atomic E-state index is 6.08. The zero-order valence-corrected chi connectivity index (χ0v) is 13.5. The summed E-state index contributed by atoms with van der Waals surface area (Å²) in [5.74, 6) is 0.757. The summed E-state index contributed by atoms with van der Waals surface area (Å²) in [4.78, 5) is 0. The van der Waals surface area contributed by atoms with E-state index < -0.39 is 0 Å². The highest BCUT2D eigenvalue weighted by Crippen LogP contribution is 2.36. The second-order valence-electron chi connectivity index (χ2n) is 7.27. The van der Waals surface area contributed by atoms with Crippen LogP contribution >= 0.6 is 0 Å². The van der Waals surface area contributed by atoms with Crippen LogP contribution in [0.3, 0.4) is 0 Å². The Balaban J connectivity index is 1.62. The SMILES string of the molecule is CC1(C)OB(c2ccc(CCC3COC3)cc2)OC1(C)C. The predicted molar refractivity (Wildman–Crippen MR) is 84.8 cm³/mol. The molecule has 4 heteroatoms. The van der Waals surface area contributed by atoms with Crippen LogP contribution in [0.5, 0.6) is 0 Å². The quantitative estimate of drug-likeness (QED) is 0.797. The molecule has 21 heavy (non-hydrogen) atoms. The number of rotatable bonds is 4. The molecule has 0 saturated carbocycles. The van der Waals surface area contributed by atoms with E-state index in [0.717, 1.165) is 31.0 Å². The summed E-state index contributed by atoms with van der Waals surface area (Å²) < 4.78 is 17.4. The topological polar surface area (TPSA) is 27.7 Å². The molecule has 3 rings (SSSR count). The highest BCUT2D eigenvalue weighted by Gasteiger charge is 2.51. The summed E-state index contributed by atoms with van der Waals surface area (Å²) in [7, 11) is -0.260. The van der Waals surface area contributed by atoms with Gasteiger partial charge in [0.15, 0.2) is 0 Å². The van der Waals surface area contributed by atoms with Gasteiger partial charge in [-0.2, -0.15) is 0 Å². The van der Waals surface area contributed by atoms with E-state index in [1.54, 1.807) is 0 Å². The van der Waals surface area contributed by atoms with Crippen molar-refractivity contribution in [2.75, 3.05) is 13.2 Å². The highest BCUT2D eigenvalue weighted by atomic mass is 16.7. The van der Waals surface area contributed by atoms with Crippen molar-refractivity contribution in [3.63, 3.8) is 0 Å². The lowest BCUT2D eigenvalue weighted by Gasteiger charge is -2.32. The minimum absolute atomic E-state index is 0.260. The third-order valence-electron chi connectivity index (χ3n) is 5.05. The zero-order chi connectivity index (χ0) is 15.1. The number of hydrogen-bond donors (Lipinski definition) is 0. The normalized spacial score (nSPS) is 24.1. The molecule has 0 aliphatic carbocycles. The van der Waals surface area contributed by atoms with Crippen molar-refractivity contribution in [3.05, 3.63) is 29.8 Å². The second kappa shape index (κ2) is 5.42. The maximum Gasteiger partial charge on any atom is 0.494 e. The average molecular weight is 288 g/mol. The summed E-state index contributed by atoms with van der Waals surface area (Å²) in [5, 5.41) is 0. The molecule has 0 bridgehead atoms. The van der Waals surface area contributed by atoms with Crippen molar-refractivity contribution < 1.29 is 14.0 Å². The van der Waals surface area contributed by atoms with E-state index in [1.807, 2.05) is 0 Å². The molecule has 0 N–H and O–H groups in total. The molecular formula is C17H25BO3. The van der Waals surface area contributed by atoms with E-state index >= 15 is 0 Å². The van der Waals surface area contributed by atoms with Gasteiger partial charge in [0.25, 0.3) is 0 Å². The second-order valence-corrected chi connectivity index (χ2v) is 7.27. The summed E-state index contributed by atoms with van der Waals surface area (Å²) in [6.45, 7) is 10.2. The van der Waals surface area contributed by atoms with Crippen molar-refractivity contribution in [3.8, 4) is 0 Å². The lowest BCUT2D eigenvalue weighted by atomic mass is 9.78. The van der Waals surface area contributed by atoms with E-state index in [4.69, 9.17) is 14.0 Å². The van der Waals surface area contributed by atoms with E-state index in [-0.39, 0.29) is 18.3 Å². The molecule has 0 atom stereocenters. The van der Waals surface area contributed by atoms with Gasteiger partial charge in [-0.25, -0.2) is 0 Å². The van der Waals surface area contributed by atoms with Gasteiger partial charge in [0.05, 0.1) is 24.4 Å². The molecule has 0 radical (unpaired) electrons. The minimum atomic E-state index is -0.277. The van der Waals surface area contributed by atoms with Gasteiger partial charge in [-0.05, 0) is 51.6 Å². The van der Waals surface area contributed by atoms with Gasteiger partial charge < -0.3 is 14.0 Å². The Hall–Kier alpha value is -0.835. The molecule has 2 heterocycles. The van der Waals surface area contributed by atoms with Gasteiger partial charge in [-0.15, -0.1) is 0 Å². The van der Waals surface area contributed by atoms with E-state index in [0.29, 0.717) is 0 Å². The Labute approximate surface area is 128 Å². The summed E-state index contributed by atoms with van der Waals surface area (Å²) in [6, 6.07) is 8.66. The Morgan fingerprint density at radius 2 is 1.57 bits per heavy atom. The summed E-state index contributed by atoms with van der Waals surface area (Å²) in [5.41, 5.74) is 1.92. The molecule has 2 aliphatic heterocycles. The van der Waals surface area contributed by atoms with Crippen molar-refractivity contribution >= 4 is 12.6 Å². The van der Waals surface area contributed by atoms with Crippen LogP contribution in [0.25, 0.3) is 0 Å². The van der Waals surface area contributed by atoms with Crippen LogP contribution in [0.4, 0.5) is 0 Å². The van der Waals surface area contributed by atoms with Gasteiger partial charge in [0.2, 0.25) is 0 Å². The Bertz CT molecular complexity index is 475. The van der Waals surface area contributed by atoms with Gasteiger partial charge in [-0.1, -0.05) is 24.3 Å². The fourth-order valence-corrected chi connectivity index (χ4v) is 2.64. The van der Waals surface area contributed by atoms with Crippen molar-refractivity contribution in [1.29, 1.82) is 0 Å². The number of hydrogen-bond acceptors (Lipinski definition) is 3. The first-order chi connectivity index (χ1) is 9.87. The van der Waals surface area contributed by atoms with Crippen LogP contribution in [0, 0.1) is 5.92 Å². The molecule has 1 aromatic carbocycles. The Kier molecular flexibility index (Phi) is 3.89. The third kappa shape index (κ3) is 3.03. The lowest BCUT2D eigenvalue weighted by Crippen LogP contribution is -2.41. The Morgan fingerprint density at radius 3 is 2.05 bits per heavy atom. The van der Waals surface area contributed by atoms with Gasteiger partial charge in [-0.3, -0.25) is 0 Å². The van der Waals surface area contributed by atoms with Crippen molar-refractivity contribution in [2.45, 2.75) is 51.7 Å².